The summed E-state index contributed by atoms with van der Waals surface area (Å²) in [6.45, 7) is 11.4. The smallest absolute Gasteiger partial charge is 0.457 e. The van der Waals surface area contributed by atoms with Gasteiger partial charge in [0.1, 0.15) is 13.2 Å². The molecule has 0 aromatic heterocycles. The van der Waals surface area contributed by atoms with E-state index in [0.717, 1.165) is 6.26 Å². The van der Waals surface area contributed by atoms with Crippen molar-refractivity contribution in [3.63, 3.8) is 0 Å². The van der Waals surface area contributed by atoms with Gasteiger partial charge in [0, 0.05) is 32.4 Å². The molecular weight excluding hydrogens is 506 g/mol. The Morgan fingerprint density at radius 1 is 0.829 bits per heavy atom. The second-order valence-electron chi connectivity index (χ2n) is 6.72. The summed E-state index contributed by atoms with van der Waals surface area (Å²) in [6.07, 6.45) is 0.864. The topological polar surface area (TPSA) is 154 Å². The molecule has 0 fully saturated rings. The lowest BCUT2D eigenvalue weighted by Crippen LogP contribution is -2.46. The molecule has 15 heteroatoms. The summed E-state index contributed by atoms with van der Waals surface area (Å²) in [4.78, 5) is 23.2. The van der Waals surface area contributed by atoms with E-state index in [9.17, 15) is 18.0 Å². The van der Waals surface area contributed by atoms with E-state index in [4.69, 9.17) is 32.2 Å². The largest absolute Gasteiger partial charge is 0.500 e. The van der Waals surface area contributed by atoms with E-state index < -0.39 is 36.7 Å². The maximum atomic E-state index is 11.7. The van der Waals surface area contributed by atoms with Crippen molar-refractivity contribution in [2.75, 3.05) is 72.3 Å². The number of hydrogen-bond acceptors (Lipinski definition) is 12. The van der Waals surface area contributed by atoms with Gasteiger partial charge < -0.3 is 41.7 Å². The summed E-state index contributed by atoms with van der Waals surface area (Å²) in [5, 5.41) is 2.66. The van der Waals surface area contributed by atoms with E-state index in [2.05, 4.69) is 16.1 Å². The van der Waals surface area contributed by atoms with Crippen LogP contribution in [0.25, 0.3) is 0 Å². The molecule has 1 N–H and O–H groups in total. The summed E-state index contributed by atoms with van der Waals surface area (Å²) in [5.41, 5.74) is 0. The Balaban J connectivity index is 3.75. The summed E-state index contributed by atoms with van der Waals surface area (Å²) in [5.74, 6) is -1.62. The van der Waals surface area contributed by atoms with Crippen molar-refractivity contribution < 1.29 is 54.4 Å². The number of carbonyl (C=O) groups is 2. The first-order chi connectivity index (χ1) is 16.6. The van der Waals surface area contributed by atoms with Gasteiger partial charge in [0.15, 0.2) is 0 Å². The van der Waals surface area contributed by atoms with Crippen LogP contribution in [-0.2, 0) is 51.3 Å². The minimum Gasteiger partial charge on any atom is -0.457 e. The molecule has 206 valence electrons. The summed E-state index contributed by atoms with van der Waals surface area (Å²) < 4.78 is 63.6. The standard InChI is InChI=1S/C20H39NO12SSi/c1-6-30-35(31-7-2,32-8-3)17-9-10-21-20(23)29-16-14-27-12-11-26-13-15-28-19(22)18(4)33-34(5,24)25/h4,6-17H2,1-3,5H3,(H,21,23). The summed E-state index contributed by atoms with van der Waals surface area (Å²) in [6, 6.07) is 0.592. The molecule has 0 bridgehead atoms. The number of amides is 1. The Bertz CT molecular complexity index is 702. The number of nitrogens with one attached hydrogen (secondary N) is 1. The van der Waals surface area contributed by atoms with Crippen molar-refractivity contribution in [3.05, 3.63) is 12.3 Å². The third kappa shape index (κ3) is 18.2. The molecule has 0 spiro atoms. The first-order valence-corrected chi connectivity index (χ1v) is 15.1. The average molecular weight is 546 g/mol. The van der Waals surface area contributed by atoms with E-state index in [1.807, 2.05) is 20.8 Å². The number of alkyl carbamates (subject to hydrolysis) is 1. The lowest BCUT2D eigenvalue weighted by molar-refractivity contribution is -0.143. The maximum absolute atomic E-state index is 11.7. The fraction of sp³-hybridized carbons (Fsp3) is 0.800. The lowest BCUT2D eigenvalue weighted by Gasteiger charge is -2.28. The summed E-state index contributed by atoms with van der Waals surface area (Å²) in [7, 11) is -6.56. The van der Waals surface area contributed by atoms with Crippen LogP contribution < -0.4 is 5.32 Å². The molecule has 0 aromatic carbocycles. The molecule has 0 aliphatic heterocycles. The van der Waals surface area contributed by atoms with Crippen molar-refractivity contribution in [2.24, 2.45) is 0 Å². The molecule has 1 amide bonds. The molecule has 0 heterocycles. The fourth-order valence-corrected chi connectivity index (χ4v) is 5.60. The molecule has 0 aliphatic rings. The minimum absolute atomic E-state index is 0.0696. The van der Waals surface area contributed by atoms with Gasteiger partial charge in [0.05, 0.1) is 32.7 Å². The minimum atomic E-state index is -3.84. The Kier molecular flexibility index (Phi) is 18.5. The second kappa shape index (κ2) is 19.4. The molecule has 35 heavy (non-hydrogen) atoms. The zero-order valence-electron chi connectivity index (χ0n) is 21.0. The highest BCUT2D eigenvalue weighted by Crippen LogP contribution is 2.17. The number of carbonyl (C=O) groups excluding carboxylic acids is 2. The molecule has 0 atom stereocenters. The zero-order chi connectivity index (χ0) is 26.6. The van der Waals surface area contributed by atoms with Gasteiger partial charge in [-0.15, -0.1) is 0 Å². The predicted molar refractivity (Wildman–Crippen MR) is 127 cm³/mol. The van der Waals surface area contributed by atoms with Crippen molar-refractivity contribution in [1.29, 1.82) is 0 Å². The monoisotopic (exact) mass is 545 g/mol. The van der Waals surface area contributed by atoms with Crippen LogP contribution in [0.15, 0.2) is 12.3 Å². The molecule has 0 unspecified atom stereocenters. The third-order valence-electron chi connectivity index (χ3n) is 3.80. The highest BCUT2D eigenvalue weighted by Gasteiger charge is 2.39. The highest BCUT2D eigenvalue weighted by molar-refractivity contribution is 7.86. The molecule has 0 aromatic rings. The molecular formula is C20H39NO12SSi. The van der Waals surface area contributed by atoms with E-state index >= 15 is 0 Å². The molecule has 0 radical (unpaired) electrons. The molecule has 13 nitrogen and oxygen atoms in total. The van der Waals surface area contributed by atoms with Crippen molar-refractivity contribution in [2.45, 2.75) is 33.2 Å². The normalized spacial score (nSPS) is 11.7. The van der Waals surface area contributed by atoms with Gasteiger partial charge in [-0.3, -0.25) is 0 Å². The van der Waals surface area contributed by atoms with Gasteiger partial charge >= 0.3 is 31.0 Å². The Morgan fingerprint density at radius 3 is 1.80 bits per heavy atom. The fourth-order valence-electron chi connectivity index (χ4n) is 2.55. The van der Waals surface area contributed by atoms with Crippen LogP contribution in [0.4, 0.5) is 4.79 Å². The molecule has 0 aliphatic carbocycles. The van der Waals surface area contributed by atoms with Crippen molar-refractivity contribution in [1.82, 2.24) is 5.32 Å². The molecule has 0 rings (SSSR count). The van der Waals surface area contributed by atoms with Gasteiger partial charge in [0.2, 0.25) is 5.76 Å². The highest BCUT2D eigenvalue weighted by atomic mass is 32.2. The van der Waals surface area contributed by atoms with E-state index in [1.54, 1.807) is 0 Å². The first-order valence-electron chi connectivity index (χ1n) is 11.3. The number of ether oxygens (including phenoxy) is 4. The maximum Gasteiger partial charge on any atom is 0.500 e. The molecule has 0 saturated carbocycles. The van der Waals surface area contributed by atoms with Crippen LogP contribution in [-0.4, -0.2) is 102 Å². The second-order valence-corrected chi connectivity index (χ2v) is 11.0. The van der Waals surface area contributed by atoms with Crippen molar-refractivity contribution >= 4 is 31.0 Å². The summed E-state index contributed by atoms with van der Waals surface area (Å²) >= 11 is 0. The van der Waals surface area contributed by atoms with Crippen LogP contribution in [0, 0.1) is 0 Å². The molecule has 0 saturated heterocycles. The van der Waals surface area contributed by atoms with Crippen LogP contribution in [0.1, 0.15) is 27.2 Å². The van der Waals surface area contributed by atoms with Crippen LogP contribution in [0.5, 0.6) is 0 Å². The van der Waals surface area contributed by atoms with Crippen LogP contribution in [0.3, 0.4) is 0 Å². The third-order valence-corrected chi connectivity index (χ3v) is 7.45. The van der Waals surface area contributed by atoms with E-state index in [-0.39, 0.29) is 39.6 Å². The zero-order valence-corrected chi connectivity index (χ0v) is 22.8. The van der Waals surface area contributed by atoms with Gasteiger partial charge in [-0.2, -0.15) is 8.42 Å². The van der Waals surface area contributed by atoms with Crippen molar-refractivity contribution in [3.8, 4) is 0 Å². The van der Waals surface area contributed by atoms with Gasteiger partial charge in [-0.25, -0.2) is 9.59 Å². The lowest BCUT2D eigenvalue weighted by atomic mass is 10.5. The van der Waals surface area contributed by atoms with Crippen LogP contribution >= 0.6 is 0 Å². The number of hydrogen-bond donors (Lipinski definition) is 1. The average Bonchev–Trinajstić information content (AvgIpc) is 2.77. The first kappa shape index (κ1) is 33.2. The Labute approximate surface area is 208 Å². The quantitative estimate of drug-likeness (QED) is 0.0519. The Hall–Kier alpha value is -1.75. The van der Waals surface area contributed by atoms with Gasteiger partial charge in [-0.05, 0) is 33.8 Å². The number of esters is 1. The van der Waals surface area contributed by atoms with Gasteiger partial charge in [0.25, 0.3) is 0 Å². The van der Waals surface area contributed by atoms with Gasteiger partial charge in [-0.1, -0.05) is 0 Å². The van der Waals surface area contributed by atoms with E-state index in [0.29, 0.717) is 38.8 Å². The number of rotatable bonds is 22. The van der Waals surface area contributed by atoms with E-state index in [1.165, 1.54) is 0 Å². The Morgan fingerprint density at radius 2 is 1.31 bits per heavy atom. The predicted octanol–water partition coefficient (Wildman–Crippen LogP) is 1.22. The van der Waals surface area contributed by atoms with Crippen LogP contribution in [0.2, 0.25) is 6.04 Å². The SMILES string of the molecule is C=C(OS(C)(=O)=O)C(=O)OCCOCCOCCOC(=O)NCCC[Si](OCC)(OCC)OCC.